The summed E-state index contributed by atoms with van der Waals surface area (Å²) in [5, 5.41) is 10.5. The summed E-state index contributed by atoms with van der Waals surface area (Å²) in [6.07, 6.45) is 1.83. The van der Waals surface area contributed by atoms with E-state index in [1.54, 1.807) is 23.0 Å². The molecule has 1 amide bonds. The minimum Gasteiger partial charge on any atom is -0.295 e. The number of aryl methyl sites for hydroxylation is 1. The molecule has 132 valence electrons. The average molecular weight is 348 g/mol. The largest absolute Gasteiger partial charge is 0.295 e. The fraction of sp³-hybridized carbons (Fsp3) is 0.200. The van der Waals surface area contributed by atoms with Gasteiger partial charge >= 0.3 is 0 Å². The van der Waals surface area contributed by atoms with Crippen molar-refractivity contribution in [1.82, 2.24) is 14.8 Å². The van der Waals surface area contributed by atoms with E-state index < -0.39 is 0 Å². The van der Waals surface area contributed by atoms with Gasteiger partial charge in [0.05, 0.1) is 6.54 Å². The van der Waals surface area contributed by atoms with E-state index in [4.69, 9.17) is 0 Å². The third-order valence-corrected chi connectivity index (χ3v) is 4.02. The summed E-state index contributed by atoms with van der Waals surface area (Å²) in [6.45, 7) is 2.53. The molecular weight excluding hydrogens is 328 g/mol. The molecule has 2 aromatic carbocycles. The van der Waals surface area contributed by atoms with Crippen molar-refractivity contribution in [3.05, 3.63) is 77.6 Å². The topological polar surface area (TPSA) is 76.9 Å². The summed E-state index contributed by atoms with van der Waals surface area (Å²) in [7, 11) is 0. The fourth-order valence-electron chi connectivity index (χ4n) is 2.55. The molecule has 0 radical (unpaired) electrons. The van der Waals surface area contributed by atoms with Crippen LogP contribution in [0.3, 0.4) is 0 Å². The number of Topliss-reactive ketones (excluding diaryl/α,β-unsaturated/α-hetero) is 1. The Hall–Kier alpha value is -3.28. The van der Waals surface area contributed by atoms with Gasteiger partial charge in [-0.1, -0.05) is 60.2 Å². The highest BCUT2D eigenvalue weighted by Gasteiger charge is 2.12. The number of hydrogen-bond acceptors (Lipinski definition) is 4. The molecule has 0 saturated carbocycles. The van der Waals surface area contributed by atoms with Crippen LogP contribution in [-0.2, 0) is 11.3 Å². The van der Waals surface area contributed by atoms with Gasteiger partial charge in [0.25, 0.3) is 0 Å². The van der Waals surface area contributed by atoms with Gasteiger partial charge in [0, 0.05) is 18.4 Å². The molecule has 1 heterocycles. The van der Waals surface area contributed by atoms with Gasteiger partial charge in [-0.05, 0) is 12.5 Å². The van der Waals surface area contributed by atoms with Crippen molar-refractivity contribution >= 4 is 17.6 Å². The summed E-state index contributed by atoms with van der Waals surface area (Å²) < 4.78 is 1.76. The molecule has 3 aromatic rings. The molecule has 0 bridgehead atoms. The van der Waals surface area contributed by atoms with Gasteiger partial charge in [-0.25, -0.2) is 0 Å². The second-order valence-corrected chi connectivity index (χ2v) is 6.11. The number of nitrogens with one attached hydrogen (secondary N) is 1. The van der Waals surface area contributed by atoms with E-state index >= 15 is 0 Å². The van der Waals surface area contributed by atoms with Gasteiger partial charge in [-0.2, -0.15) is 0 Å². The van der Waals surface area contributed by atoms with Gasteiger partial charge in [0.15, 0.2) is 5.78 Å². The Kier molecular flexibility index (Phi) is 5.53. The van der Waals surface area contributed by atoms with E-state index in [1.807, 2.05) is 49.4 Å². The van der Waals surface area contributed by atoms with Crippen molar-refractivity contribution in [2.75, 3.05) is 5.32 Å². The lowest BCUT2D eigenvalue weighted by molar-refractivity contribution is -0.116. The molecule has 1 N–H and O–H groups in total. The first-order chi connectivity index (χ1) is 12.6. The number of ketones is 1. The Morgan fingerprint density at radius 3 is 2.46 bits per heavy atom. The monoisotopic (exact) mass is 348 g/mol. The minimum atomic E-state index is -0.257. The number of amides is 1. The molecule has 0 atom stereocenters. The molecule has 0 saturated heterocycles. The second-order valence-electron chi connectivity index (χ2n) is 6.11. The Bertz CT molecular complexity index is 886. The summed E-state index contributed by atoms with van der Waals surface area (Å²) >= 11 is 0. The SMILES string of the molecule is Cc1ccc(C(=O)CCC(=O)Nc2nncn2Cc2ccccc2)cc1. The van der Waals surface area contributed by atoms with E-state index in [0.717, 1.165) is 11.1 Å². The Labute approximate surface area is 151 Å². The second kappa shape index (κ2) is 8.20. The molecule has 1 aromatic heterocycles. The molecule has 0 aliphatic rings. The van der Waals surface area contributed by atoms with Gasteiger partial charge in [0.1, 0.15) is 6.33 Å². The highest BCUT2D eigenvalue weighted by molar-refractivity contribution is 5.99. The van der Waals surface area contributed by atoms with Gasteiger partial charge in [-0.3, -0.25) is 19.5 Å². The van der Waals surface area contributed by atoms with Crippen LogP contribution in [0, 0.1) is 6.92 Å². The van der Waals surface area contributed by atoms with E-state index in [9.17, 15) is 9.59 Å². The molecule has 0 fully saturated rings. The molecule has 0 spiro atoms. The Balaban J connectivity index is 1.55. The molecule has 26 heavy (non-hydrogen) atoms. The summed E-state index contributed by atoms with van der Waals surface area (Å²) in [5.74, 6) is 0.0697. The zero-order valence-electron chi connectivity index (χ0n) is 14.6. The quantitative estimate of drug-likeness (QED) is 0.665. The smallest absolute Gasteiger partial charge is 0.231 e. The molecule has 0 aliphatic carbocycles. The van der Waals surface area contributed by atoms with E-state index in [0.29, 0.717) is 18.1 Å². The minimum absolute atomic E-state index is 0.0501. The number of rotatable bonds is 7. The maximum absolute atomic E-state index is 12.2. The standard InChI is InChI=1S/C20H20N4O2/c1-15-7-9-17(10-8-15)18(25)11-12-19(26)22-20-23-21-14-24(20)13-16-5-3-2-4-6-16/h2-10,14H,11-13H2,1H3,(H,22,23,26). The highest BCUT2D eigenvalue weighted by Crippen LogP contribution is 2.11. The van der Waals surface area contributed by atoms with Crippen molar-refractivity contribution in [1.29, 1.82) is 0 Å². The van der Waals surface area contributed by atoms with Crippen molar-refractivity contribution in [3.63, 3.8) is 0 Å². The van der Waals surface area contributed by atoms with Crippen molar-refractivity contribution < 1.29 is 9.59 Å². The predicted molar refractivity (Wildman–Crippen MR) is 98.9 cm³/mol. The molecule has 6 heteroatoms. The third kappa shape index (κ3) is 4.63. The van der Waals surface area contributed by atoms with Crippen LogP contribution in [0.1, 0.15) is 34.3 Å². The van der Waals surface area contributed by atoms with E-state index in [2.05, 4.69) is 15.5 Å². The number of carbonyl (C=O) groups excluding carboxylic acids is 2. The molecule has 6 nitrogen and oxygen atoms in total. The number of nitrogens with zero attached hydrogens (tertiary/aromatic N) is 3. The lowest BCUT2D eigenvalue weighted by atomic mass is 10.1. The van der Waals surface area contributed by atoms with Crippen LogP contribution >= 0.6 is 0 Å². The van der Waals surface area contributed by atoms with Gasteiger partial charge < -0.3 is 0 Å². The molecule has 0 unspecified atom stereocenters. The normalized spacial score (nSPS) is 10.5. The molecular formula is C20H20N4O2. The number of carbonyl (C=O) groups is 2. The van der Waals surface area contributed by atoms with Crippen molar-refractivity contribution in [2.45, 2.75) is 26.3 Å². The van der Waals surface area contributed by atoms with Crippen LogP contribution in [0.15, 0.2) is 60.9 Å². The predicted octanol–water partition coefficient (Wildman–Crippen LogP) is 3.24. The number of benzene rings is 2. The average Bonchev–Trinajstić information content (AvgIpc) is 3.08. The van der Waals surface area contributed by atoms with Crippen LogP contribution in [0.2, 0.25) is 0 Å². The van der Waals surface area contributed by atoms with Crippen LogP contribution in [0.5, 0.6) is 0 Å². The fourth-order valence-corrected chi connectivity index (χ4v) is 2.55. The maximum atomic E-state index is 12.2. The first kappa shape index (κ1) is 17.5. The van der Waals surface area contributed by atoms with Crippen LogP contribution in [0.25, 0.3) is 0 Å². The van der Waals surface area contributed by atoms with E-state index in [1.165, 1.54) is 0 Å². The van der Waals surface area contributed by atoms with Gasteiger partial charge in [-0.15, -0.1) is 10.2 Å². The number of aromatic nitrogens is 3. The van der Waals surface area contributed by atoms with Gasteiger partial charge in [0.2, 0.25) is 11.9 Å². The van der Waals surface area contributed by atoms with Crippen LogP contribution in [0.4, 0.5) is 5.95 Å². The zero-order chi connectivity index (χ0) is 18.4. The summed E-state index contributed by atoms with van der Waals surface area (Å²) in [6, 6.07) is 17.2. The first-order valence-corrected chi connectivity index (χ1v) is 8.43. The number of anilines is 1. The zero-order valence-corrected chi connectivity index (χ0v) is 14.6. The Morgan fingerprint density at radius 1 is 1.00 bits per heavy atom. The third-order valence-electron chi connectivity index (χ3n) is 4.02. The van der Waals surface area contributed by atoms with Crippen LogP contribution < -0.4 is 5.32 Å². The van der Waals surface area contributed by atoms with Crippen LogP contribution in [-0.4, -0.2) is 26.5 Å². The van der Waals surface area contributed by atoms with Crippen molar-refractivity contribution in [2.24, 2.45) is 0 Å². The summed E-state index contributed by atoms with van der Waals surface area (Å²) in [5.41, 5.74) is 2.80. The van der Waals surface area contributed by atoms with Crippen molar-refractivity contribution in [3.8, 4) is 0 Å². The summed E-state index contributed by atoms with van der Waals surface area (Å²) in [4.78, 5) is 24.3. The number of hydrogen-bond donors (Lipinski definition) is 1. The lowest BCUT2D eigenvalue weighted by Crippen LogP contribution is -2.17. The maximum Gasteiger partial charge on any atom is 0.231 e. The first-order valence-electron chi connectivity index (χ1n) is 8.43. The highest BCUT2D eigenvalue weighted by atomic mass is 16.2. The Morgan fingerprint density at radius 2 is 1.73 bits per heavy atom. The molecule has 0 aliphatic heterocycles. The lowest BCUT2D eigenvalue weighted by Gasteiger charge is -2.08. The molecule has 3 rings (SSSR count). The van der Waals surface area contributed by atoms with E-state index in [-0.39, 0.29) is 24.5 Å².